The Morgan fingerprint density at radius 1 is 1.13 bits per heavy atom. The normalized spacial score (nSPS) is 12.8. The zero-order valence-corrected chi connectivity index (χ0v) is 15.8. The zero-order chi connectivity index (χ0) is 22.5. The van der Waals surface area contributed by atoms with E-state index in [1.165, 1.54) is 47.3 Å². The highest BCUT2D eigenvalue weighted by atomic mass is 16.6. The summed E-state index contributed by atoms with van der Waals surface area (Å²) in [5, 5.41) is 47.7. The fraction of sp³-hybridized carbons (Fsp3) is 0.222. The summed E-state index contributed by atoms with van der Waals surface area (Å²) >= 11 is 0. The number of carbonyl (C=O) groups excluding carboxylic acids is 1. The predicted molar refractivity (Wildman–Crippen MR) is 103 cm³/mol. The first-order chi connectivity index (χ1) is 14.8. The van der Waals surface area contributed by atoms with Crippen LogP contribution in [0.1, 0.15) is 28.0 Å². The van der Waals surface area contributed by atoms with Gasteiger partial charge in [-0.1, -0.05) is 0 Å². The lowest BCUT2D eigenvalue weighted by Crippen LogP contribution is -2.41. The molecule has 3 rings (SSSR count). The van der Waals surface area contributed by atoms with Gasteiger partial charge in [-0.25, -0.2) is 0 Å². The average molecular weight is 431 g/mol. The van der Waals surface area contributed by atoms with Crippen molar-refractivity contribution in [3.8, 4) is 0 Å². The van der Waals surface area contributed by atoms with Crippen molar-refractivity contribution in [1.82, 2.24) is 15.1 Å². The van der Waals surface area contributed by atoms with Crippen LogP contribution in [0.25, 0.3) is 0 Å². The molecule has 3 N–H and O–H groups in total. The van der Waals surface area contributed by atoms with Gasteiger partial charge in [-0.2, -0.15) is 5.10 Å². The van der Waals surface area contributed by atoms with E-state index < -0.39 is 34.5 Å². The number of rotatable bonds is 9. The first kappa shape index (κ1) is 21.6. The number of non-ortho nitro benzene ring substituents is 1. The number of nitrogens with one attached hydrogen (secondary N) is 1. The Morgan fingerprint density at radius 2 is 1.81 bits per heavy atom. The molecule has 2 atom stereocenters. The monoisotopic (exact) mass is 431 g/mol. The number of hydrogen-bond acceptors (Lipinski definition) is 9. The van der Waals surface area contributed by atoms with Crippen LogP contribution in [0, 0.1) is 20.2 Å². The Labute approximate surface area is 173 Å². The van der Waals surface area contributed by atoms with Crippen molar-refractivity contribution in [1.29, 1.82) is 0 Å². The fourth-order valence-electron chi connectivity index (χ4n) is 2.77. The maximum atomic E-state index is 12.4. The highest BCUT2D eigenvalue weighted by molar-refractivity contribution is 5.91. The summed E-state index contributed by atoms with van der Waals surface area (Å²) in [5.41, 5.74) is -0.0768. The molecule has 162 valence electrons. The van der Waals surface area contributed by atoms with E-state index in [2.05, 4.69) is 10.4 Å². The number of carbonyl (C=O) groups is 1. The highest BCUT2D eigenvalue weighted by Gasteiger charge is 2.24. The third-order valence-electron chi connectivity index (χ3n) is 4.37. The Balaban J connectivity index is 1.65. The van der Waals surface area contributed by atoms with Gasteiger partial charge in [0, 0.05) is 12.1 Å². The van der Waals surface area contributed by atoms with E-state index >= 15 is 0 Å². The standard InChI is InChI=1S/C18H17N5O8/c24-10-15(17(25)11-1-3-12(4-2-11)22(27)28)20-18(26)16-6-5-14(31-16)9-21-8-13(7-19-21)23(29)30/h1-8,15,17,24-25H,9-10H2,(H,20,26). The largest absolute Gasteiger partial charge is 0.454 e. The fourth-order valence-corrected chi connectivity index (χ4v) is 2.77. The van der Waals surface area contributed by atoms with Crippen LogP contribution in [0.4, 0.5) is 11.4 Å². The molecule has 13 nitrogen and oxygen atoms in total. The third kappa shape index (κ3) is 5.09. The minimum absolute atomic E-state index is 0.0516. The average Bonchev–Trinajstić information content (AvgIpc) is 3.41. The van der Waals surface area contributed by atoms with Crippen LogP contribution >= 0.6 is 0 Å². The molecule has 2 heterocycles. The minimum atomic E-state index is -1.33. The molecule has 0 spiro atoms. The molecule has 0 aliphatic heterocycles. The van der Waals surface area contributed by atoms with Crippen molar-refractivity contribution in [3.63, 3.8) is 0 Å². The lowest BCUT2D eigenvalue weighted by Gasteiger charge is -2.22. The number of hydrogen-bond donors (Lipinski definition) is 3. The molecule has 0 radical (unpaired) electrons. The van der Waals surface area contributed by atoms with Gasteiger partial charge in [-0.3, -0.25) is 29.7 Å². The summed E-state index contributed by atoms with van der Waals surface area (Å²) in [5.74, 6) is -0.511. The molecule has 2 aromatic heterocycles. The van der Waals surface area contributed by atoms with Gasteiger partial charge in [0.15, 0.2) is 5.76 Å². The molecule has 2 unspecified atom stereocenters. The number of nitrogens with zero attached hydrogens (tertiary/aromatic N) is 4. The van der Waals surface area contributed by atoms with E-state index in [9.17, 15) is 35.2 Å². The molecule has 1 amide bonds. The van der Waals surface area contributed by atoms with Crippen LogP contribution < -0.4 is 5.32 Å². The number of furan rings is 1. The number of aliphatic hydroxyl groups excluding tert-OH is 2. The van der Waals surface area contributed by atoms with Crippen molar-refractivity contribution in [2.24, 2.45) is 0 Å². The lowest BCUT2D eigenvalue weighted by atomic mass is 10.0. The Hall–Kier alpha value is -4.10. The van der Waals surface area contributed by atoms with Crippen molar-refractivity contribution >= 4 is 17.3 Å². The van der Waals surface area contributed by atoms with Crippen LogP contribution in [0.5, 0.6) is 0 Å². The maximum Gasteiger partial charge on any atom is 0.307 e. The van der Waals surface area contributed by atoms with E-state index in [0.717, 1.165) is 6.20 Å². The Kier molecular flexibility index (Phi) is 6.37. The smallest absolute Gasteiger partial charge is 0.307 e. The van der Waals surface area contributed by atoms with Crippen LogP contribution in [-0.2, 0) is 6.54 Å². The molecule has 3 aromatic rings. The summed E-state index contributed by atoms with van der Waals surface area (Å²) < 4.78 is 6.68. The SMILES string of the molecule is O=C(NC(CO)C(O)c1ccc([N+](=O)[O-])cc1)c1ccc(Cn2cc([N+](=O)[O-])cn2)o1. The summed E-state index contributed by atoms with van der Waals surface area (Å²) in [6, 6.07) is 6.81. The molecule has 0 aliphatic rings. The van der Waals surface area contributed by atoms with Gasteiger partial charge in [0.05, 0.1) is 29.0 Å². The predicted octanol–water partition coefficient (Wildman–Crippen LogP) is 1.17. The zero-order valence-electron chi connectivity index (χ0n) is 15.8. The molecule has 1 aromatic carbocycles. The van der Waals surface area contributed by atoms with Gasteiger partial charge in [0.1, 0.15) is 24.3 Å². The van der Waals surface area contributed by atoms with Gasteiger partial charge in [0.25, 0.3) is 11.6 Å². The van der Waals surface area contributed by atoms with E-state index in [0.29, 0.717) is 5.76 Å². The first-order valence-corrected chi connectivity index (χ1v) is 8.88. The second-order valence-corrected chi connectivity index (χ2v) is 6.48. The topological polar surface area (TPSA) is 187 Å². The van der Waals surface area contributed by atoms with Crippen LogP contribution in [0.2, 0.25) is 0 Å². The van der Waals surface area contributed by atoms with Crippen LogP contribution in [-0.4, -0.2) is 48.4 Å². The second-order valence-electron chi connectivity index (χ2n) is 6.48. The van der Waals surface area contributed by atoms with Crippen molar-refractivity contribution in [2.45, 2.75) is 18.7 Å². The van der Waals surface area contributed by atoms with E-state index in [-0.39, 0.29) is 29.2 Å². The summed E-state index contributed by atoms with van der Waals surface area (Å²) in [6.07, 6.45) is 0.973. The number of aromatic nitrogens is 2. The molecule has 13 heteroatoms. The second kappa shape index (κ2) is 9.15. The summed E-state index contributed by atoms with van der Waals surface area (Å²) in [4.78, 5) is 32.7. The van der Waals surface area contributed by atoms with Gasteiger partial charge in [-0.05, 0) is 29.8 Å². The summed E-state index contributed by atoms with van der Waals surface area (Å²) in [6.45, 7) is -0.551. The van der Waals surface area contributed by atoms with Crippen molar-refractivity contribution in [3.05, 3.63) is 86.1 Å². The number of nitro groups is 2. The molecule has 0 saturated carbocycles. The quantitative estimate of drug-likeness (QED) is 0.330. The number of nitro benzene ring substituents is 1. The van der Waals surface area contributed by atoms with Gasteiger partial charge < -0.3 is 19.9 Å². The highest BCUT2D eigenvalue weighted by Crippen LogP contribution is 2.21. The molecule has 0 fully saturated rings. The van der Waals surface area contributed by atoms with Gasteiger partial charge in [-0.15, -0.1) is 0 Å². The molecule has 0 aliphatic carbocycles. The lowest BCUT2D eigenvalue weighted by molar-refractivity contribution is -0.385. The Morgan fingerprint density at radius 3 is 2.39 bits per heavy atom. The maximum absolute atomic E-state index is 12.4. The number of benzene rings is 1. The van der Waals surface area contributed by atoms with Gasteiger partial charge >= 0.3 is 5.69 Å². The van der Waals surface area contributed by atoms with Crippen LogP contribution in [0.15, 0.2) is 53.2 Å². The molecule has 0 saturated heterocycles. The van der Waals surface area contributed by atoms with E-state index in [1.807, 2.05) is 0 Å². The van der Waals surface area contributed by atoms with Crippen molar-refractivity contribution in [2.75, 3.05) is 6.61 Å². The molecule has 31 heavy (non-hydrogen) atoms. The Bertz CT molecular complexity index is 1090. The van der Waals surface area contributed by atoms with Crippen molar-refractivity contribution < 1.29 is 29.3 Å². The van der Waals surface area contributed by atoms with Gasteiger partial charge in [0.2, 0.25) is 0 Å². The minimum Gasteiger partial charge on any atom is -0.454 e. The third-order valence-corrected chi connectivity index (χ3v) is 4.37. The number of amides is 1. The van der Waals surface area contributed by atoms with E-state index in [1.54, 1.807) is 0 Å². The first-order valence-electron chi connectivity index (χ1n) is 8.88. The summed E-state index contributed by atoms with van der Waals surface area (Å²) in [7, 11) is 0. The van der Waals surface area contributed by atoms with Crippen LogP contribution in [0.3, 0.4) is 0 Å². The number of aliphatic hydroxyl groups is 2. The van der Waals surface area contributed by atoms with E-state index in [4.69, 9.17) is 4.42 Å². The molecular formula is C18H17N5O8. The molecular weight excluding hydrogens is 414 g/mol. The molecule has 0 bridgehead atoms.